The molecule has 166 valence electrons. The molecule has 1 atom stereocenters. The van der Waals surface area contributed by atoms with Crippen molar-refractivity contribution >= 4 is 23.6 Å². The Morgan fingerprint density at radius 2 is 1.33 bits per heavy atom. The highest BCUT2D eigenvalue weighted by Crippen LogP contribution is 2.25. The van der Waals surface area contributed by atoms with E-state index in [0.717, 1.165) is 21.6 Å². The van der Waals surface area contributed by atoms with Crippen molar-refractivity contribution in [2.75, 3.05) is 6.54 Å². The highest BCUT2D eigenvalue weighted by molar-refractivity contribution is 6.21. The number of carbonyl (C=O) groups excluding carboxylic acids is 3. The summed E-state index contributed by atoms with van der Waals surface area (Å²) in [4.78, 5) is 50.6. The first-order valence-corrected chi connectivity index (χ1v) is 10.7. The third kappa shape index (κ3) is 4.60. The SMILES string of the molecule is Cc1ccc(-c2ccc(C(=O)CC(CCN3C(=O)c4ccccc4C3=O)C(=O)O)cc2)cc1. The molecular weight excluding hydrogens is 418 g/mol. The monoisotopic (exact) mass is 441 g/mol. The van der Waals surface area contributed by atoms with E-state index in [9.17, 15) is 24.3 Å². The summed E-state index contributed by atoms with van der Waals surface area (Å²) < 4.78 is 0. The number of aryl methyl sites for hydroxylation is 1. The lowest BCUT2D eigenvalue weighted by atomic mass is 9.94. The van der Waals surface area contributed by atoms with Crippen LogP contribution in [0.25, 0.3) is 11.1 Å². The Kier molecular flexibility index (Phi) is 6.18. The Morgan fingerprint density at radius 1 is 0.818 bits per heavy atom. The number of ketones is 1. The van der Waals surface area contributed by atoms with E-state index in [0.29, 0.717) is 16.7 Å². The van der Waals surface area contributed by atoms with Gasteiger partial charge in [0.1, 0.15) is 0 Å². The molecule has 2 amide bonds. The number of benzene rings is 3. The number of imide groups is 1. The van der Waals surface area contributed by atoms with Gasteiger partial charge in [-0.25, -0.2) is 0 Å². The smallest absolute Gasteiger partial charge is 0.307 e. The van der Waals surface area contributed by atoms with E-state index >= 15 is 0 Å². The summed E-state index contributed by atoms with van der Waals surface area (Å²) in [6.07, 6.45) is -0.198. The van der Waals surface area contributed by atoms with E-state index < -0.39 is 23.7 Å². The van der Waals surface area contributed by atoms with Gasteiger partial charge in [0.25, 0.3) is 11.8 Å². The van der Waals surface area contributed by atoms with Gasteiger partial charge in [0.2, 0.25) is 0 Å². The number of aliphatic carboxylic acids is 1. The van der Waals surface area contributed by atoms with E-state index in [2.05, 4.69) is 0 Å². The number of hydrogen-bond donors (Lipinski definition) is 1. The van der Waals surface area contributed by atoms with Gasteiger partial charge < -0.3 is 5.11 Å². The van der Waals surface area contributed by atoms with Crippen molar-refractivity contribution in [2.45, 2.75) is 19.8 Å². The normalized spacial score (nSPS) is 13.7. The van der Waals surface area contributed by atoms with Gasteiger partial charge in [-0.15, -0.1) is 0 Å². The van der Waals surface area contributed by atoms with E-state index in [1.807, 2.05) is 43.3 Å². The number of amides is 2. The van der Waals surface area contributed by atoms with E-state index in [4.69, 9.17) is 0 Å². The fraction of sp³-hybridized carbons (Fsp3) is 0.185. The molecule has 1 heterocycles. The van der Waals surface area contributed by atoms with Crippen LogP contribution in [0.4, 0.5) is 0 Å². The zero-order valence-electron chi connectivity index (χ0n) is 18.2. The lowest BCUT2D eigenvalue weighted by molar-refractivity contribution is -0.142. The number of Topliss-reactive ketones (excluding diaryl/α,β-unsaturated/α-hetero) is 1. The summed E-state index contributed by atoms with van der Waals surface area (Å²) in [6, 6.07) is 21.6. The van der Waals surface area contributed by atoms with Gasteiger partial charge >= 0.3 is 5.97 Å². The fourth-order valence-electron chi connectivity index (χ4n) is 3.98. The lowest BCUT2D eigenvalue weighted by Gasteiger charge is -2.17. The highest BCUT2D eigenvalue weighted by atomic mass is 16.4. The predicted molar refractivity (Wildman–Crippen MR) is 123 cm³/mol. The molecule has 0 bridgehead atoms. The van der Waals surface area contributed by atoms with Gasteiger partial charge in [0, 0.05) is 18.5 Å². The first kappa shape index (κ1) is 22.1. The summed E-state index contributed by atoms with van der Waals surface area (Å²) in [5.41, 5.74) is 4.22. The Hall–Kier alpha value is -4.06. The second-order valence-corrected chi connectivity index (χ2v) is 8.20. The molecule has 0 saturated carbocycles. The Morgan fingerprint density at radius 3 is 1.85 bits per heavy atom. The number of carbonyl (C=O) groups is 4. The lowest BCUT2D eigenvalue weighted by Crippen LogP contribution is -2.33. The molecule has 1 N–H and O–H groups in total. The van der Waals surface area contributed by atoms with Gasteiger partial charge in [0.05, 0.1) is 17.0 Å². The third-order valence-corrected chi connectivity index (χ3v) is 5.95. The molecular formula is C27H23NO5. The van der Waals surface area contributed by atoms with Crippen molar-refractivity contribution in [1.29, 1.82) is 0 Å². The molecule has 1 aliphatic rings. The van der Waals surface area contributed by atoms with Crippen LogP contribution in [-0.4, -0.2) is 40.1 Å². The highest BCUT2D eigenvalue weighted by Gasteiger charge is 2.35. The van der Waals surface area contributed by atoms with E-state index in [1.54, 1.807) is 36.4 Å². The standard InChI is InChI=1S/C27H23NO5/c1-17-6-8-18(9-7-17)19-10-12-20(13-11-19)24(29)16-21(27(32)33)14-15-28-25(30)22-4-2-3-5-23(22)26(28)31/h2-13,21H,14-16H2,1H3,(H,32,33). The minimum atomic E-state index is -1.13. The fourth-order valence-corrected chi connectivity index (χ4v) is 3.98. The Bertz CT molecular complexity index is 1190. The molecule has 1 aliphatic heterocycles. The Labute approximate surface area is 191 Å². The van der Waals surface area contributed by atoms with Crippen LogP contribution < -0.4 is 0 Å². The molecule has 0 radical (unpaired) electrons. The zero-order chi connectivity index (χ0) is 23.5. The number of nitrogens with zero attached hydrogens (tertiary/aromatic N) is 1. The summed E-state index contributed by atoms with van der Waals surface area (Å²) in [6.45, 7) is 1.96. The quantitative estimate of drug-likeness (QED) is 0.407. The van der Waals surface area contributed by atoms with Gasteiger partial charge in [-0.1, -0.05) is 66.2 Å². The summed E-state index contributed by atoms with van der Waals surface area (Å²) in [5, 5.41) is 9.62. The first-order chi connectivity index (χ1) is 15.8. The maximum atomic E-state index is 12.7. The molecule has 1 unspecified atom stereocenters. The molecule has 4 rings (SSSR count). The molecule has 0 aliphatic carbocycles. The van der Waals surface area contributed by atoms with Crippen molar-refractivity contribution < 1.29 is 24.3 Å². The maximum Gasteiger partial charge on any atom is 0.307 e. The van der Waals surface area contributed by atoms with Gasteiger partial charge in [-0.05, 0) is 36.6 Å². The topological polar surface area (TPSA) is 91.8 Å². The van der Waals surface area contributed by atoms with Crippen LogP contribution in [-0.2, 0) is 4.79 Å². The molecule has 0 fully saturated rings. The van der Waals surface area contributed by atoms with E-state index in [-0.39, 0.29) is 25.2 Å². The number of fused-ring (bicyclic) bond motifs is 1. The number of carboxylic acids is 1. The van der Waals surface area contributed by atoms with Gasteiger partial charge in [-0.2, -0.15) is 0 Å². The summed E-state index contributed by atoms with van der Waals surface area (Å²) in [7, 11) is 0. The van der Waals surface area contributed by atoms with Crippen molar-refractivity contribution in [3.05, 3.63) is 95.1 Å². The molecule has 6 heteroatoms. The second-order valence-electron chi connectivity index (χ2n) is 8.20. The number of hydrogen-bond acceptors (Lipinski definition) is 4. The van der Waals surface area contributed by atoms with Crippen molar-refractivity contribution in [3.63, 3.8) is 0 Å². The average Bonchev–Trinajstić information content (AvgIpc) is 3.07. The predicted octanol–water partition coefficient (Wildman–Crippen LogP) is 4.62. The minimum absolute atomic E-state index is 0.00793. The van der Waals surface area contributed by atoms with E-state index in [1.165, 1.54) is 0 Å². The molecule has 0 aromatic heterocycles. The second kappa shape index (κ2) is 9.20. The number of carboxylic acid groups (broad SMARTS) is 1. The molecule has 33 heavy (non-hydrogen) atoms. The molecule has 0 saturated heterocycles. The molecule has 3 aromatic rings. The van der Waals surface area contributed by atoms with Gasteiger partial charge in [-0.3, -0.25) is 24.1 Å². The molecule has 3 aromatic carbocycles. The third-order valence-electron chi connectivity index (χ3n) is 5.95. The van der Waals surface area contributed by atoms with Crippen LogP contribution >= 0.6 is 0 Å². The average molecular weight is 441 g/mol. The maximum absolute atomic E-state index is 12.7. The van der Waals surface area contributed by atoms with Gasteiger partial charge in [0.15, 0.2) is 5.78 Å². The number of rotatable bonds is 8. The first-order valence-electron chi connectivity index (χ1n) is 10.7. The molecule has 6 nitrogen and oxygen atoms in total. The van der Waals surface area contributed by atoms with Crippen LogP contribution in [0.3, 0.4) is 0 Å². The van der Waals surface area contributed by atoms with Crippen molar-refractivity contribution in [1.82, 2.24) is 4.90 Å². The van der Waals surface area contributed by atoms with Crippen LogP contribution in [0, 0.1) is 12.8 Å². The van der Waals surface area contributed by atoms with Crippen LogP contribution in [0.15, 0.2) is 72.8 Å². The summed E-state index contributed by atoms with van der Waals surface area (Å²) in [5.74, 6) is -3.29. The minimum Gasteiger partial charge on any atom is -0.481 e. The van der Waals surface area contributed by atoms with Crippen LogP contribution in [0.1, 0.15) is 49.5 Å². The van der Waals surface area contributed by atoms with Crippen LogP contribution in [0.2, 0.25) is 0 Å². The van der Waals surface area contributed by atoms with Crippen LogP contribution in [0.5, 0.6) is 0 Å². The Balaban J connectivity index is 1.40. The van der Waals surface area contributed by atoms with Crippen molar-refractivity contribution in [2.24, 2.45) is 5.92 Å². The largest absolute Gasteiger partial charge is 0.481 e. The van der Waals surface area contributed by atoms with Crippen molar-refractivity contribution in [3.8, 4) is 11.1 Å². The zero-order valence-corrected chi connectivity index (χ0v) is 18.2. The summed E-state index contributed by atoms with van der Waals surface area (Å²) >= 11 is 0. The molecule has 0 spiro atoms.